The summed E-state index contributed by atoms with van der Waals surface area (Å²) < 4.78 is 0. The monoisotopic (exact) mass is 264 g/mol. The van der Waals surface area contributed by atoms with Gasteiger partial charge in [0.1, 0.15) is 0 Å². The molecule has 0 aromatic heterocycles. The van der Waals surface area contributed by atoms with Crippen LogP contribution in [0.4, 0.5) is 5.69 Å². The Labute approximate surface area is 112 Å². The van der Waals surface area contributed by atoms with Crippen LogP contribution in [0.15, 0.2) is 24.3 Å². The number of anilines is 1. The van der Waals surface area contributed by atoms with Gasteiger partial charge in [0.2, 0.25) is 5.91 Å². The highest BCUT2D eigenvalue weighted by atomic mass is 16.4. The third kappa shape index (κ3) is 3.54. The maximum Gasteiger partial charge on any atom is 0.313 e. The zero-order chi connectivity index (χ0) is 14.6. The number of benzene rings is 1. The third-order valence-corrected chi connectivity index (χ3v) is 3.19. The van der Waals surface area contributed by atoms with Crippen molar-refractivity contribution in [3.05, 3.63) is 29.8 Å². The van der Waals surface area contributed by atoms with Crippen molar-refractivity contribution in [1.82, 2.24) is 0 Å². The molecule has 1 unspecified atom stereocenters. The fraction of sp³-hybridized carbons (Fsp3) is 0.429. The zero-order valence-electron chi connectivity index (χ0n) is 11.4. The van der Waals surface area contributed by atoms with Crippen molar-refractivity contribution in [3.63, 3.8) is 0 Å². The summed E-state index contributed by atoms with van der Waals surface area (Å²) in [4.78, 5) is 22.7. The molecular weight excluding hydrogens is 244 g/mol. The first-order chi connectivity index (χ1) is 8.78. The van der Waals surface area contributed by atoms with E-state index < -0.39 is 17.4 Å². The van der Waals surface area contributed by atoms with E-state index in [1.165, 1.54) is 0 Å². The van der Waals surface area contributed by atoms with Crippen LogP contribution >= 0.6 is 0 Å². The average Bonchev–Trinajstić information content (AvgIpc) is 2.38. The van der Waals surface area contributed by atoms with Gasteiger partial charge < -0.3 is 16.2 Å². The molecule has 0 aliphatic heterocycles. The van der Waals surface area contributed by atoms with E-state index in [4.69, 9.17) is 10.8 Å². The Morgan fingerprint density at radius 3 is 2.26 bits per heavy atom. The van der Waals surface area contributed by atoms with Gasteiger partial charge in [0.15, 0.2) is 0 Å². The molecule has 0 aliphatic rings. The van der Waals surface area contributed by atoms with E-state index in [0.717, 1.165) is 0 Å². The molecule has 1 aromatic rings. The molecule has 0 heterocycles. The molecule has 0 saturated heterocycles. The Bertz CT molecular complexity index is 466. The van der Waals surface area contributed by atoms with Crippen molar-refractivity contribution in [2.24, 2.45) is 5.73 Å². The van der Waals surface area contributed by atoms with Gasteiger partial charge in [-0.3, -0.25) is 9.59 Å². The van der Waals surface area contributed by atoms with Crippen LogP contribution < -0.4 is 11.1 Å². The molecule has 0 saturated carbocycles. The summed E-state index contributed by atoms with van der Waals surface area (Å²) in [6, 6.07) is 6.22. The quantitative estimate of drug-likeness (QED) is 0.755. The number of rotatable bonds is 5. The Kier molecular flexibility index (Phi) is 4.67. The summed E-state index contributed by atoms with van der Waals surface area (Å²) in [5.74, 6) is -1.13. The highest BCUT2D eigenvalue weighted by molar-refractivity contribution is 5.94. The number of carboxylic acids is 1. The van der Waals surface area contributed by atoms with E-state index in [0.29, 0.717) is 17.7 Å². The van der Waals surface area contributed by atoms with Crippen molar-refractivity contribution < 1.29 is 14.7 Å². The van der Waals surface area contributed by atoms with E-state index >= 15 is 0 Å². The molecule has 5 nitrogen and oxygen atoms in total. The summed E-state index contributed by atoms with van der Waals surface area (Å²) in [5, 5.41) is 11.8. The second-order valence-corrected chi connectivity index (χ2v) is 5.01. The lowest BCUT2D eigenvalue weighted by Crippen LogP contribution is -2.34. The van der Waals surface area contributed by atoms with Crippen LogP contribution in [-0.2, 0) is 15.0 Å². The number of aliphatic carboxylic acids is 1. The third-order valence-electron chi connectivity index (χ3n) is 3.19. The van der Waals surface area contributed by atoms with Crippen LogP contribution in [0.3, 0.4) is 0 Å². The van der Waals surface area contributed by atoms with Crippen LogP contribution in [-0.4, -0.2) is 23.0 Å². The fourth-order valence-electron chi connectivity index (χ4n) is 1.51. The highest BCUT2D eigenvalue weighted by Gasteiger charge is 2.29. The molecule has 0 bridgehead atoms. The van der Waals surface area contributed by atoms with Crippen molar-refractivity contribution in [2.75, 3.05) is 5.32 Å². The minimum absolute atomic E-state index is 0.243. The van der Waals surface area contributed by atoms with Crippen molar-refractivity contribution in [1.29, 1.82) is 0 Å². The fourth-order valence-corrected chi connectivity index (χ4v) is 1.51. The largest absolute Gasteiger partial charge is 0.481 e. The number of carbonyl (C=O) groups excluding carboxylic acids is 1. The van der Waals surface area contributed by atoms with E-state index in [2.05, 4.69) is 5.32 Å². The van der Waals surface area contributed by atoms with Crippen molar-refractivity contribution in [2.45, 2.75) is 38.6 Å². The van der Waals surface area contributed by atoms with Gasteiger partial charge in [0.05, 0.1) is 11.5 Å². The number of amides is 1. The summed E-state index contributed by atoms with van der Waals surface area (Å²) in [6.07, 6.45) is 0.565. The Morgan fingerprint density at radius 2 is 1.84 bits per heavy atom. The van der Waals surface area contributed by atoms with E-state index in [1.807, 2.05) is 6.92 Å². The van der Waals surface area contributed by atoms with Crippen LogP contribution in [0.2, 0.25) is 0 Å². The van der Waals surface area contributed by atoms with Gasteiger partial charge in [-0.2, -0.15) is 0 Å². The lowest BCUT2D eigenvalue weighted by atomic mass is 9.85. The molecule has 0 spiro atoms. The molecule has 1 aromatic carbocycles. The van der Waals surface area contributed by atoms with Gasteiger partial charge in [0, 0.05) is 5.69 Å². The average molecular weight is 264 g/mol. The van der Waals surface area contributed by atoms with Gasteiger partial charge in [0.25, 0.3) is 0 Å². The highest BCUT2D eigenvalue weighted by Crippen LogP contribution is 2.24. The van der Waals surface area contributed by atoms with Crippen LogP contribution in [0.5, 0.6) is 0 Å². The van der Waals surface area contributed by atoms with Crippen LogP contribution in [0.25, 0.3) is 0 Å². The number of nitrogens with one attached hydrogen (secondary N) is 1. The maximum atomic E-state index is 11.6. The van der Waals surface area contributed by atoms with E-state index in [9.17, 15) is 9.59 Å². The van der Waals surface area contributed by atoms with Crippen molar-refractivity contribution >= 4 is 17.6 Å². The summed E-state index contributed by atoms with van der Waals surface area (Å²) in [7, 11) is 0. The SMILES string of the molecule is CCC(N)C(=O)Nc1ccc(C(C)(C)C(=O)O)cc1. The zero-order valence-corrected chi connectivity index (χ0v) is 11.4. The van der Waals surface area contributed by atoms with E-state index in [1.54, 1.807) is 38.1 Å². The Balaban J connectivity index is 2.83. The van der Waals surface area contributed by atoms with Gasteiger partial charge in [-0.15, -0.1) is 0 Å². The molecule has 1 rings (SSSR count). The van der Waals surface area contributed by atoms with Gasteiger partial charge in [-0.25, -0.2) is 0 Å². The maximum absolute atomic E-state index is 11.6. The first-order valence-electron chi connectivity index (χ1n) is 6.19. The van der Waals surface area contributed by atoms with Crippen molar-refractivity contribution in [3.8, 4) is 0 Å². The molecule has 0 radical (unpaired) electrons. The topological polar surface area (TPSA) is 92.4 Å². The lowest BCUT2D eigenvalue weighted by Gasteiger charge is -2.20. The Hall–Kier alpha value is -1.88. The molecule has 1 atom stereocenters. The molecule has 4 N–H and O–H groups in total. The smallest absolute Gasteiger partial charge is 0.313 e. The number of hydrogen-bond donors (Lipinski definition) is 3. The molecule has 1 amide bonds. The molecular formula is C14H20N2O3. The predicted molar refractivity (Wildman–Crippen MR) is 74.0 cm³/mol. The Morgan fingerprint density at radius 1 is 1.32 bits per heavy atom. The van der Waals surface area contributed by atoms with Gasteiger partial charge >= 0.3 is 5.97 Å². The molecule has 5 heteroatoms. The number of carboxylic acid groups (broad SMARTS) is 1. The lowest BCUT2D eigenvalue weighted by molar-refractivity contribution is -0.142. The second-order valence-electron chi connectivity index (χ2n) is 5.01. The molecule has 104 valence electrons. The van der Waals surface area contributed by atoms with Crippen LogP contribution in [0.1, 0.15) is 32.8 Å². The normalized spacial score (nSPS) is 12.8. The minimum Gasteiger partial charge on any atom is -0.481 e. The first kappa shape index (κ1) is 15.2. The minimum atomic E-state index is -0.956. The summed E-state index contributed by atoms with van der Waals surface area (Å²) in [6.45, 7) is 5.11. The standard InChI is InChI=1S/C14H20N2O3/c1-4-11(15)12(17)16-10-7-5-9(6-8-10)14(2,3)13(18)19/h5-8,11H,4,15H2,1-3H3,(H,16,17)(H,18,19). The molecule has 0 fully saturated rings. The predicted octanol–water partition coefficient (Wildman–Crippen LogP) is 1.72. The number of hydrogen-bond acceptors (Lipinski definition) is 3. The first-order valence-corrected chi connectivity index (χ1v) is 6.19. The van der Waals surface area contributed by atoms with E-state index in [-0.39, 0.29) is 5.91 Å². The number of nitrogens with two attached hydrogens (primary N) is 1. The van der Waals surface area contributed by atoms with Crippen LogP contribution in [0, 0.1) is 0 Å². The summed E-state index contributed by atoms with van der Waals surface area (Å²) >= 11 is 0. The van der Waals surface area contributed by atoms with Gasteiger partial charge in [-0.1, -0.05) is 19.1 Å². The van der Waals surface area contributed by atoms with Gasteiger partial charge in [-0.05, 0) is 38.0 Å². The molecule has 0 aliphatic carbocycles. The summed E-state index contributed by atoms with van der Waals surface area (Å²) in [5.41, 5.74) is 5.95. The number of carbonyl (C=O) groups is 2. The second kappa shape index (κ2) is 5.84. The molecule has 19 heavy (non-hydrogen) atoms.